The fourth-order valence-corrected chi connectivity index (χ4v) is 2.79. The molecule has 0 bridgehead atoms. The summed E-state index contributed by atoms with van der Waals surface area (Å²) in [6.07, 6.45) is 3.81. The molecule has 0 saturated heterocycles. The van der Waals surface area contributed by atoms with E-state index in [-0.39, 0.29) is 0 Å². The van der Waals surface area contributed by atoms with E-state index in [1.807, 2.05) is 31.2 Å². The Bertz CT molecular complexity index is 654. The lowest BCUT2D eigenvalue weighted by atomic mass is 9.79. The summed E-state index contributed by atoms with van der Waals surface area (Å²) in [6, 6.07) is 13.9. The zero-order chi connectivity index (χ0) is 14.1. The number of rotatable bonds is 3. The summed E-state index contributed by atoms with van der Waals surface area (Å²) in [5.74, 6) is -0.206. The van der Waals surface area contributed by atoms with Crippen molar-refractivity contribution in [2.24, 2.45) is 0 Å². The van der Waals surface area contributed by atoms with E-state index in [9.17, 15) is 9.90 Å². The standard InChI is InChI=1S/C18H18O2/c1-12-8-9-16(18(19)20)17(10-12)15-7-3-6-14(11-15)13-4-2-5-13/h3,6-11,13H,2,4-5H2,1H3,(H,19,20). The van der Waals surface area contributed by atoms with E-state index < -0.39 is 5.97 Å². The molecule has 0 heterocycles. The predicted molar refractivity (Wildman–Crippen MR) is 80.2 cm³/mol. The van der Waals surface area contributed by atoms with Crippen LogP contribution in [0.25, 0.3) is 11.1 Å². The van der Waals surface area contributed by atoms with E-state index in [2.05, 4.69) is 12.1 Å². The van der Waals surface area contributed by atoms with E-state index in [1.165, 1.54) is 24.8 Å². The maximum absolute atomic E-state index is 11.4. The van der Waals surface area contributed by atoms with Crippen molar-refractivity contribution in [3.63, 3.8) is 0 Å². The normalized spacial score (nSPS) is 14.8. The number of benzene rings is 2. The van der Waals surface area contributed by atoms with Gasteiger partial charge in [0.2, 0.25) is 0 Å². The lowest BCUT2D eigenvalue weighted by Gasteiger charge is -2.26. The number of carboxylic acid groups (broad SMARTS) is 1. The second-order valence-corrected chi connectivity index (χ2v) is 5.61. The molecular formula is C18H18O2. The average Bonchev–Trinajstić information content (AvgIpc) is 2.36. The third kappa shape index (κ3) is 2.34. The van der Waals surface area contributed by atoms with Crippen LogP contribution in [0.3, 0.4) is 0 Å². The Morgan fingerprint density at radius 1 is 1.15 bits per heavy atom. The van der Waals surface area contributed by atoms with Crippen LogP contribution in [0.5, 0.6) is 0 Å². The first kappa shape index (κ1) is 12.9. The van der Waals surface area contributed by atoms with Crippen molar-refractivity contribution in [1.82, 2.24) is 0 Å². The van der Waals surface area contributed by atoms with Gasteiger partial charge in [0, 0.05) is 0 Å². The first-order valence-corrected chi connectivity index (χ1v) is 7.09. The van der Waals surface area contributed by atoms with Gasteiger partial charge in [-0.25, -0.2) is 4.79 Å². The number of carboxylic acids is 1. The van der Waals surface area contributed by atoms with Crippen LogP contribution in [0, 0.1) is 6.92 Å². The molecule has 102 valence electrons. The second kappa shape index (κ2) is 5.12. The summed E-state index contributed by atoms with van der Waals surface area (Å²) in [5, 5.41) is 9.35. The van der Waals surface area contributed by atoms with Gasteiger partial charge >= 0.3 is 5.97 Å². The zero-order valence-corrected chi connectivity index (χ0v) is 11.6. The molecule has 0 atom stereocenters. The molecule has 3 rings (SSSR count). The first-order valence-electron chi connectivity index (χ1n) is 7.09. The molecule has 2 aromatic rings. The molecule has 20 heavy (non-hydrogen) atoms. The summed E-state index contributed by atoms with van der Waals surface area (Å²) in [4.78, 5) is 11.4. The van der Waals surface area contributed by atoms with E-state index >= 15 is 0 Å². The Kier molecular flexibility index (Phi) is 3.31. The fraction of sp³-hybridized carbons (Fsp3) is 0.278. The molecule has 0 amide bonds. The highest BCUT2D eigenvalue weighted by Crippen LogP contribution is 2.38. The highest BCUT2D eigenvalue weighted by atomic mass is 16.4. The maximum Gasteiger partial charge on any atom is 0.336 e. The maximum atomic E-state index is 11.4. The molecule has 1 aliphatic carbocycles. The van der Waals surface area contributed by atoms with Gasteiger partial charge in [0.15, 0.2) is 0 Å². The van der Waals surface area contributed by atoms with Crippen LogP contribution >= 0.6 is 0 Å². The minimum atomic E-state index is -0.867. The van der Waals surface area contributed by atoms with Crippen molar-refractivity contribution in [2.75, 3.05) is 0 Å². The molecule has 1 fully saturated rings. The number of aromatic carboxylic acids is 1. The highest BCUT2D eigenvalue weighted by molar-refractivity contribution is 5.96. The Labute approximate surface area is 119 Å². The van der Waals surface area contributed by atoms with E-state index in [0.717, 1.165) is 16.7 Å². The molecule has 0 aromatic heterocycles. The largest absolute Gasteiger partial charge is 0.478 e. The van der Waals surface area contributed by atoms with Gasteiger partial charge in [0.1, 0.15) is 0 Å². The molecule has 2 aromatic carbocycles. The number of hydrogen-bond acceptors (Lipinski definition) is 1. The van der Waals surface area contributed by atoms with E-state index in [1.54, 1.807) is 6.07 Å². The summed E-state index contributed by atoms with van der Waals surface area (Å²) in [6.45, 7) is 1.99. The summed E-state index contributed by atoms with van der Waals surface area (Å²) in [7, 11) is 0. The van der Waals surface area contributed by atoms with Crippen molar-refractivity contribution < 1.29 is 9.90 Å². The SMILES string of the molecule is Cc1ccc(C(=O)O)c(-c2cccc(C3CCC3)c2)c1. The highest BCUT2D eigenvalue weighted by Gasteiger charge is 2.20. The Morgan fingerprint density at radius 2 is 1.95 bits per heavy atom. The molecule has 0 spiro atoms. The van der Waals surface area contributed by atoms with Crippen molar-refractivity contribution in [2.45, 2.75) is 32.1 Å². The second-order valence-electron chi connectivity index (χ2n) is 5.61. The van der Waals surface area contributed by atoms with Crippen LogP contribution < -0.4 is 0 Å². The van der Waals surface area contributed by atoms with Gasteiger partial charge in [-0.05, 0) is 48.4 Å². The quantitative estimate of drug-likeness (QED) is 0.879. The van der Waals surface area contributed by atoms with Crippen LogP contribution in [0.1, 0.15) is 46.7 Å². The van der Waals surface area contributed by atoms with Crippen molar-refractivity contribution in [1.29, 1.82) is 0 Å². The van der Waals surface area contributed by atoms with Gasteiger partial charge in [-0.15, -0.1) is 0 Å². The van der Waals surface area contributed by atoms with Gasteiger partial charge in [-0.1, -0.05) is 48.4 Å². The van der Waals surface area contributed by atoms with Crippen molar-refractivity contribution in [3.05, 3.63) is 59.2 Å². The van der Waals surface area contributed by atoms with Crippen LogP contribution in [0.2, 0.25) is 0 Å². The Hall–Kier alpha value is -2.09. The lowest BCUT2D eigenvalue weighted by Crippen LogP contribution is -2.08. The minimum Gasteiger partial charge on any atom is -0.478 e. The summed E-state index contributed by atoms with van der Waals surface area (Å²) in [5.41, 5.74) is 4.63. The molecule has 2 heteroatoms. The topological polar surface area (TPSA) is 37.3 Å². The lowest BCUT2D eigenvalue weighted by molar-refractivity contribution is 0.0697. The molecule has 1 N–H and O–H groups in total. The Morgan fingerprint density at radius 3 is 2.60 bits per heavy atom. The number of aryl methyl sites for hydroxylation is 1. The third-order valence-corrected chi connectivity index (χ3v) is 4.18. The third-order valence-electron chi connectivity index (χ3n) is 4.18. The fourth-order valence-electron chi connectivity index (χ4n) is 2.79. The molecule has 1 saturated carbocycles. The number of hydrogen-bond donors (Lipinski definition) is 1. The van der Waals surface area contributed by atoms with Crippen molar-refractivity contribution in [3.8, 4) is 11.1 Å². The minimum absolute atomic E-state index is 0.376. The number of carbonyl (C=O) groups is 1. The molecule has 1 aliphatic rings. The van der Waals surface area contributed by atoms with E-state index in [0.29, 0.717) is 11.5 Å². The van der Waals surface area contributed by atoms with Gasteiger partial charge in [-0.3, -0.25) is 0 Å². The van der Waals surface area contributed by atoms with Crippen molar-refractivity contribution >= 4 is 5.97 Å². The van der Waals surface area contributed by atoms with Gasteiger partial charge in [0.05, 0.1) is 5.56 Å². The molecule has 0 unspecified atom stereocenters. The van der Waals surface area contributed by atoms with Crippen LogP contribution in [-0.4, -0.2) is 11.1 Å². The van der Waals surface area contributed by atoms with Gasteiger partial charge in [0.25, 0.3) is 0 Å². The monoisotopic (exact) mass is 266 g/mol. The Balaban J connectivity index is 2.08. The van der Waals surface area contributed by atoms with Gasteiger partial charge in [-0.2, -0.15) is 0 Å². The molecule has 2 nitrogen and oxygen atoms in total. The average molecular weight is 266 g/mol. The molecule has 0 aliphatic heterocycles. The van der Waals surface area contributed by atoms with E-state index in [4.69, 9.17) is 0 Å². The molecule has 0 radical (unpaired) electrons. The zero-order valence-electron chi connectivity index (χ0n) is 11.6. The van der Waals surface area contributed by atoms with Crippen LogP contribution in [0.15, 0.2) is 42.5 Å². The van der Waals surface area contributed by atoms with Crippen LogP contribution in [-0.2, 0) is 0 Å². The summed E-state index contributed by atoms with van der Waals surface area (Å²) >= 11 is 0. The molecular weight excluding hydrogens is 248 g/mol. The predicted octanol–water partition coefficient (Wildman–Crippen LogP) is 4.63. The summed E-state index contributed by atoms with van der Waals surface area (Å²) < 4.78 is 0. The van der Waals surface area contributed by atoms with Gasteiger partial charge < -0.3 is 5.11 Å². The van der Waals surface area contributed by atoms with Crippen LogP contribution in [0.4, 0.5) is 0 Å². The smallest absolute Gasteiger partial charge is 0.336 e. The first-order chi connectivity index (χ1) is 9.65.